The third-order valence-electron chi connectivity index (χ3n) is 2.58. The summed E-state index contributed by atoms with van der Waals surface area (Å²) < 4.78 is 28.4. The van der Waals surface area contributed by atoms with E-state index < -0.39 is 10.0 Å². The Morgan fingerprint density at radius 1 is 1.26 bits per heavy atom. The molecular formula is C10H12ClN5O2S. The van der Waals surface area contributed by atoms with Crippen LogP contribution in [0.1, 0.15) is 11.4 Å². The van der Waals surface area contributed by atoms with Crippen molar-refractivity contribution in [1.29, 1.82) is 0 Å². The predicted molar refractivity (Wildman–Crippen MR) is 70.5 cm³/mol. The van der Waals surface area contributed by atoms with Crippen molar-refractivity contribution < 1.29 is 8.42 Å². The second kappa shape index (κ2) is 4.78. The van der Waals surface area contributed by atoms with Crippen molar-refractivity contribution in [3.63, 3.8) is 0 Å². The van der Waals surface area contributed by atoms with Crippen molar-refractivity contribution in [2.45, 2.75) is 18.7 Å². The molecule has 1 N–H and O–H groups in total. The summed E-state index contributed by atoms with van der Waals surface area (Å²) in [6.45, 7) is 3.32. The van der Waals surface area contributed by atoms with Crippen molar-refractivity contribution in [3.8, 4) is 0 Å². The fourth-order valence-electron chi connectivity index (χ4n) is 1.70. The van der Waals surface area contributed by atoms with Gasteiger partial charge in [0.05, 0.1) is 11.4 Å². The van der Waals surface area contributed by atoms with E-state index in [1.54, 1.807) is 20.9 Å². The molecule has 0 fully saturated rings. The van der Waals surface area contributed by atoms with Crippen LogP contribution in [-0.2, 0) is 17.1 Å². The van der Waals surface area contributed by atoms with E-state index in [9.17, 15) is 8.42 Å². The Balaban J connectivity index is 2.40. The highest BCUT2D eigenvalue weighted by atomic mass is 35.5. The lowest BCUT2D eigenvalue weighted by atomic mass is 10.4. The van der Waals surface area contributed by atoms with Crippen LogP contribution >= 0.6 is 11.6 Å². The summed E-state index contributed by atoms with van der Waals surface area (Å²) in [6.07, 6.45) is 0. The van der Waals surface area contributed by atoms with E-state index in [2.05, 4.69) is 20.0 Å². The molecule has 0 saturated carbocycles. The molecule has 0 amide bonds. The third-order valence-corrected chi connectivity index (χ3v) is 4.39. The highest BCUT2D eigenvalue weighted by Crippen LogP contribution is 2.21. The molecule has 0 spiro atoms. The number of anilines is 1. The fraction of sp³-hybridized carbons (Fsp3) is 0.300. The third kappa shape index (κ3) is 2.69. The quantitative estimate of drug-likeness (QED) is 0.922. The Hall–Kier alpha value is -1.67. The number of aromatic nitrogens is 4. The highest BCUT2D eigenvalue weighted by Gasteiger charge is 2.24. The predicted octanol–water partition coefficient (Wildman–Crippen LogP) is 1.28. The first-order valence-corrected chi connectivity index (χ1v) is 7.19. The van der Waals surface area contributed by atoms with Crippen LogP contribution in [0.3, 0.4) is 0 Å². The topological polar surface area (TPSA) is 89.8 Å². The molecule has 102 valence electrons. The molecular weight excluding hydrogens is 290 g/mol. The average molecular weight is 302 g/mol. The Morgan fingerprint density at radius 2 is 1.95 bits per heavy atom. The largest absolute Gasteiger partial charge is 0.271 e. The van der Waals surface area contributed by atoms with Crippen LogP contribution in [0.25, 0.3) is 0 Å². The molecule has 2 rings (SSSR count). The second-order valence-electron chi connectivity index (χ2n) is 3.97. The Morgan fingerprint density at radius 3 is 2.42 bits per heavy atom. The maximum atomic E-state index is 12.3. The van der Waals surface area contributed by atoms with Crippen LogP contribution in [0, 0.1) is 13.8 Å². The van der Waals surface area contributed by atoms with Crippen LogP contribution in [0.4, 0.5) is 5.82 Å². The van der Waals surface area contributed by atoms with E-state index in [1.807, 2.05) is 0 Å². The lowest BCUT2D eigenvalue weighted by Gasteiger charge is -2.06. The Bertz CT molecular complexity index is 708. The molecule has 0 atom stereocenters. The van der Waals surface area contributed by atoms with Gasteiger partial charge in [-0.1, -0.05) is 11.6 Å². The first-order chi connectivity index (χ1) is 8.81. The van der Waals surface area contributed by atoms with Gasteiger partial charge >= 0.3 is 0 Å². The van der Waals surface area contributed by atoms with Crippen molar-refractivity contribution in [2.75, 3.05) is 4.72 Å². The molecule has 0 bridgehead atoms. The van der Waals surface area contributed by atoms with E-state index in [0.717, 1.165) is 0 Å². The van der Waals surface area contributed by atoms with E-state index in [4.69, 9.17) is 11.6 Å². The van der Waals surface area contributed by atoms with Gasteiger partial charge in [-0.2, -0.15) is 5.10 Å². The summed E-state index contributed by atoms with van der Waals surface area (Å²) in [4.78, 5) is 0.145. The highest BCUT2D eigenvalue weighted by molar-refractivity contribution is 7.92. The standard InChI is InChI=1S/C10H12ClN5O2S/c1-6-10(7(2)16(3)14-6)19(17,18)15-9-5-4-8(11)12-13-9/h4-5H,1-3H3,(H,13,15). The first kappa shape index (κ1) is 13.8. The monoisotopic (exact) mass is 301 g/mol. The van der Waals surface area contributed by atoms with Crippen LogP contribution in [-0.4, -0.2) is 28.4 Å². The molecule has 0 aliphatic rings. The summed E-state index contributed by atoms with van der Waals surface area (Å²) in [6, 6.07) is 2.89. The second-order valence-corrected chi connectivity index (χ2v) is 5.98. The maximum Gasteiger partial charge on any atom is 0.266 e. The van der Waals surface area contributed by atoms with E-state index in [1.165, 1.54) is 16.8 Å². The van der Waals surface area contributed by atoms with Crippen LogP contribution in [0.15, 0.2) is 17.0 Å². The molecule has 2 aromatic heterocycles. The average Bonchev–Trinajstić information content (AvgIpc) is 2.56. The molecule has 0 aliphatic carbocycles. The van der Waals surface area contributed by atoms with Crippen LogP contribution in [0.5, 0.6) is 0 Å². The zero-order valence-electron chi connectivity index (χ0n) is 10.5. The SMILES string of the molecule is Cc1nn(C)c(C)c1S(=O)(=O)Nc1ccc(Cl)nn1. The van der Waals surface area contributed by atoms with Gasteiger partial charge in [0.15, 0.2) is 11.0 Å². The summed E-state index contributed by atoms with van der Waals surface area (Å²) in [7, 11) is -2.06. The minimum Gasteiger partial charge on any atom is -0.271 e. The normalized spacial score (nSPS) is 11.6. The summed E-state index contributed by atoms with van der Waals surface area (Å²) in [5.74, 6) is 0.104. The molecule has 7 nitrogen and oxygen atoms in total. The van der Waals surface area contributed by atoms with Gasteiger partial charge in [0, 0.05) is 7.05 Å². The van der Waals surface area contributed by atoms with E-state index in [0.29, 0.717) is 11.4 Å². The minimum absolute atomic E-state index is 0.104. The molecule has 9 heteroatoms. The van der Waals surface area contributed by atoms with E-state index >= 15 is 0 Å². The zero-order chi connectivity index (χ0) is 14.2. The molecule has 0 radical (unpaired) electrons. The van der Waals surface area contributed by atoms with Gasteiger partial charge in [0.1, 0.15) is 4.90 Å². The smallest absolute Gasteiger partial charge is 0.266 e. The van der Waals surface area contributed by atoms with Crippen molar-refractivity contribution >= 4 is 27.4 Å². The number of halogens is 1. The van der Waals surface area contributed by atoms with Gasteiger partial charge in [-0.25, -0.2) is 8.42 Å². The fourth-order valence-corrected chi connectivity index (χ4v) is 3.24. The summed E-state index contributed by atoms with van der Waals surface area (Å²) in [5.41, 5.74) is 0.973. The Labute approximate surface area is 115 Å². The lowest BCUT2D eigenvalue weighted by molar-refractivity contribution is 0.599. The van der Waals surface area contributed by atoms with Gasteiger partial charge in [0.2, 0.25) is 0 Å². The van der Waals surface area contributed by atoms with Gasteiger partial charge in [-0.3, -0.25) is 9.40 Å². The molecule has 0 aliphatic heterocycles. The molecule has 2 aromatic rings. The molecule has 2 heterocycles. The van der Waals surface area contributed by atoms with Gasteiger partial charge < -0.3 is 0 Å². The number of hydrogen-bond acceptors (Lipinski definition) is 5. The maximum absolute atomic E-state index is 12.3. The Kier molecular flexibility index (Phi) is 3.46. The zero-order valence-corrected chi connectivity index (χ0v) is 12.1. The van der Waals surface area contributed by atoms with Crippen LogP contribution < -0.4 is 4.72 Å². The molecule has 0 aromatic carbocycles. The first-order valence-electron chi connectivity index (χ1n) is 5.33. The molecule has 19 heavy (non-hydrogen) atoms. The number of nitrogens with zero attached hydrogens (tertiary/aromatic N) is 4. The molecule has 0 unspecified atom stereocenters. The number of rotatable bonds is 3. The van der Waals surface area contributed by atoms with Gasteiger partial charge in [0.25, 0.3) is 10.0 Å². The number of hydrogen-bond donors (Lipinski definition) is 1. The lowest BCUT2D eigenvalue weighted by Crippen LogP contribution is -2.16. The molecule has 0 saturated heterocycles. The van der Waals surface area contributed by atoms with Gasteiger partial charge in [-0.15, -0.1) is 10.2 Å². The number of aryl methyl sites for hydroxylation is 2. The van der Waals surface area contributed by atoms with E-state index in [-0.39, 0.29) is 15.9 Å². The van der Waals surface area contributed by atoms with Crippen molar-refractivity contribution in [1.82, 2.24) is 20.0 Å². The minimum atomic E-state index is -3.75. The summed E-state index contributed by atoms with van der Waals surface area (Å²) in [5, 5.41) is 11.5. The summed E-state index contributed by atoms with van der Waals surface area (Å²) >= 11 is 5.59. The van der Waals surface area contributed by atoms with Crippen LogP contribution in [0.2, 0.25) is 5.15 Å². The van der Waals surface area contributed by atoms with Gasteiger partial charge in [-0.05, 0) is 26.0 Å². The van der Waals surface area contributed by atoms with Crippen molar-refractivity contribution in [3.05, 3.63) is 28.7 Å². The van der Waals surface area contributed by atoms with Crippen molar-refractivity contribution in [2.24, 2.45) is 7.05 Å². The number of sulfonamides is 1. The number of nitrogens with one attached hydrogen (secondary N) is 1.